The highest BCUT2D eigenvalue weighted by molar-refractivity contribution is 5.77. The van der Waals surface area contributed by atoms with Crippen LogP contribution >= 0.6 is 0 Å². The summed E-state index contributed by atoms with van der Waals surface area (Å²) in [7, 11) is 0. The molecule has 0 aromatic heterocycles. The lowest BCUT2D eigenvalue weighted by Crippen LogP contribution is -2.10. The van der Waals surface area contributed by atoms with Crippen LogP contribution in [0.3, 0.4) is 0 Å². The van der Waals surface area contributed by atoms with E-state index in [1.54, 1.807) is 0 Å². The summed E-state index contributed by atoms with van der Waals surface area (Å²) in [5, 5.41) is 18.5. The Bertz CT molecular complexity index is 774. The molecule has 0 fully saturated rings. The fourth-order valence-electron chi connectivity index (χ4n) is 2.71. The lowest BCUT2D eigenvalue weighted by molar-refractivity contribution is 0.281. The summed E-state index contributed by atoms with van der Waals surface area (Å²) in [6, 6.07) is 23.8. The van der Waals surface area contributed by atoms with Crippen LogP contribution in [-0.2, 0) is 13.2 Å². The van der Waals surface area contributed by atoms with Gasteiger partial charge in [-0.3, -0.25) is 0 Å². The predicted molar refractivity (Wildman–Crippen MR) is 103 cm³/mol. The van der Waals surface area contributed by atoms with Gasteiger partial charge in [-0.2, -0.15) is 0 Å². The monoisotopic (exact) mass is 331 g/mol. The number of nitrogens with zero attached hydrogens (tertiary/aromatic N) is 1. The van der Waals surface area contributed by atoms with Crippen LogP contribution in [-0.4, -0.2) is 10.2 Å². The molecule has 0 spiro atoms. The first-order valence-corrected chi connectivity index (χ1v) is 8.17. The molecule has 3 heteroatoms. The van der Waals surface area contributed by atoms with Crippen molar-refractivity contribution < 1.29 is 10.2 Å². The number of benzene rings is 3. The van der Waals surface area contributed by atoms with Gasteiger partial charge in [0.15, 0.2) is 0 Å². The third kappa shape index (κ3) is 3.79. The topological polar surface area (TPSA) is 43.7 Å². The minimum atomic E-state index is 0.0273. The highest BCUT2D eigenvalue weighted by Crippen LogP contribution is 2.34. The summed E-state index contributed by atoms with van der Waals surface area (Å²) in [4.78, 5) is 2.13. The van der Waals surface area contributed by atoms with Gasteiger partial charge in [0.1, 0.15) is 0 Å². The quantitative estimate of drug-likeness (QED) is 0.683. The Morgan fingerprint density at radius 1 is 0.640 bits per heavy atom. The van der Waals surface area contributed by atoms with Crippen LogP contribution in [0.1, 0.15) is 16.7 Å². The van der Waals surface area contributed by atoms with Gasteiger partial charge in [-0.1, -0.05) is 49.1 Å². The van der Waals surface area contributed by atoms with Crippen LogP contribution in [0.15, 0.2) is 79.4 Å². The largest absolute Gasteiger partial charge is 0.392 e. The molecule has 0 amide bonds. The predicted octanol–water partition coefficient (Wildman–Crippen LogP) is 4.78. The van der Waals surface area contributed by atoms with Crippen molar-refractivity contribution in [2.24, 2.45) is 0 Å². The maximum Gasteiger partial charge on any atom is 0.0681 e. The summed E-state index contributed by atoms with van der Waals surface area (Å²) in [6.45, 7) is 3.85. The molecule has 0 aliphatic heterocycles. The second-order valence-corrected chi connectivity index (χ2v) is 5.78. The van der Waals surface area contributed by atoms with Gasteiger partial charge in [-0.05, 0) is 53.1 Å². The van der Waals surface area contributed by atoms with Crippen molar-refractivity contribution in [2.45, 2.75) is 13.2 Å². The second kappa shape index (κ2) is 7.79. The van der Waals surface area contributed by atoms with E-state index in [0.29, 0.717) is 0 Å². The van der Waals surface area contributed by atoms with Crippen LogP contribution in [0.5, 0.6) is 0 Å². The Morgan fingerprint density at radius 2 is 1.00 bits per heavy atom. The van der Waals surface area contributed by atoms with E-state index in [1.165, 1.54) is 0 Å². The van der Waals surface area contributed by atoms with Crippen molar-refractivity contribution in [3.05, 3.63) is 96.1 Å². The van der Waals surface area contributed by atoms with Gasteiger partial charge in [0.25, 0.3) is 0 Å². The number of aliphatic hydroxyl groups is 2. The Labute approximate surface area is 148 Å². The molecule has 3 nitrogen and oxygen atoms in total. The molecule has 0 saturated heterocycles. The molecule has 2 N–H and O–H groups in total. The standard InChI is InChI=1S/C22H21NO2/c1-2-17-3-9-20(10-4-17)23(21-11-5-18(15-24)6-12-21)22-13-7-19(16-25)8-14-22/h2-14,24-25H,1,15-16H2. The lowest BCUT2D eigenvalue weighted by Gasteiger charge is -2.26. The van der Waals surface area contributed by atoms with Crippen molar-refractivity contribution in [3.8, 4) is 0 Å². The molecule has 0 bridgehead atoms. The maximum atomic E-state index is 9.27. The molecule has 126 valence electrons. The van der Waals surface area contributed by atoms with E-state index in [9.17, 15) is 10.2 Å². The minimum absolute atomic E-state index is 0.0273. The maximum absolute atomic E-state index is 9.27. The van der Waals surface area contributed by atoms with Crippen LogP contribution < -0.4 is 4.90 Å². The van der Waals surface area contributed by atoms with E-state index >= 15 is 0 Å². The molecule has 25 heavy (non-hydrogen) atoms. The van der Waals surface area contributed by atoms with Crippen molar-refractivity contribution in [1.82, 2.24) is 0 Å². The van der Waals surface area contributed by atoms with Crippen molar-refractivity contribution in [1.29, 1.82) is 0 Å². The zero-order valence-electron chi connectivity index (χ0n) is 14.0. The van der Waals surface area contributed by atoms with E-state index in [2.05, 4.69) is 23.6 Å². The molecule has 0 aliphatic rings. The van der Waals surface area contributed by atoms with Gasteiger partial charge in [0, 0.05) is 17.1 Å². The summed E-state index contributed by atoms with van der Waals surface area (Å²) in [5.74, 6) is 0. The van der Waals surface area contributed by atoms with E-state index in [1.807, 2.05) is 66.7 Å². The first kappa shape index (κ1) is 17.0. The van der Waals surface area contributed by atoms with Gasteiger partial charge in [0.2, 0.25) is 0 Å². The Kier molecular flexibility index (Phi) is 5.29. The molecule has 3 aromatic carbocycles. The molecule has 0 radical (unpaired) electrons. The zero-order valence-corrected chi connectivity index (χ0v) is 14.0. The second-order valence-electron chi connectivity index (χ2n) is 5.78. The van der Waals surface area contributed by atoms with Crippen LogP contribution in [0, 0.1) is 0 Å². The van der Waals surface area contributed by atoms with Gasteiger partial charge in [-0.15, -0.1) is 0 Å². The molecule has 3 rings (SSSR count). The summed E-state index contributed by atoms with van der Waals surface area (Å²) in [6.07, 6.45) is 1.82. The van der Waals surface area contributed by atoms with Gasteiger partial charge >= 0.3 is 0 Å². The smallest absolute Gasteiger partial charge is 0.0681 e. The average molecular weight is 331 g/mol. The number of hydrogen-bond donors (Lipinski definition) is 2. The van der Waals surface area contributed by atoms with E-state index < -0.39 is 0 Å². The van der Waals surface area contributed by atoms with Gasteiger partial charge < -0.3 is 15.1 Å². The average Bonchev–Trinajstić information content (AvgIpc) is 2.70. The minimum Gasteiger partial charge on any atom is -0.392 e. The Morgan fingerprint density at radius 3 is 1.32 bits per heavy atom. The van der Waals surface area contributed by atoms with Crippen LogP contribution in [0.4, 0.5) is 17.1 Å². The zero-order chi connectivity index (χ0) is 17.6. The number of aliphatic hydroxyl groups excluding tert-OH is 2. The molecule has 0 unspecified atom stereocenters. The molecule has 0 aliphatic carbocycles. The third-order valence-electron chi connectivity index (χ3n) is 4.14. The van der Waals surface area contributed by atoms with Crippen molar-refractivity contribution in [3.63, 3.8) is 0 Å². The summed E-state index contributed by atoms with van der Waals surface area (Å²) in [5.41, 5.74) is 5.84. The van der Waals surface area contributed by atoms with Gasteiger partial charge in [0.05, 0.1) is 13.2 Å². The molecular weight excluding hydrogens is 310 g/mol. The number of hydrogen-bond acceptors (Lipinski definition) is 3. The SMILES string of the molecule is C=Cc1ccc(N(c2ccc(CO)cc2)c2ccc(CO)cc2)cc1. The Balaban J connectivity index is 2.06. The molecule has 3 aromatic rings. The number of anilines is 3. The highest BCUT2D eigenvalue weighted by atomic mass is 16.3. The summed E-state index contributed by atoms with van der Waals surface area (Å²) < 4.78 is 0. The van der Waals surface area contributed by atoms with Crippen molar-refractivity contribution in [2.75, 3.05) is 4.90 Å². The first-order valence-electron chi connectivity index (χ1n) is 8.17. The fourth-order valence-corrected chi connectivity index (χ4v) is 2.71. The van der Waals surface area contributed by atoms with Crippen LogP contribution in [0.25, 0.3) is 6.08 Å². The highest BCUT2D eigenvalue weighted by Gasteiger charge is 2.12. The third-order valence-corrected chi connectivity index (χ3v) is 4.14. The fraction of sp³-hybridized carbons (Fsp3) is 0.0909. The first-order chi connectivity index (χ1) is 12.2. The Hall–Kier alpha value is -2.88. The van der Waals surface area contributed by atoms with Crippen LogP contribution in [0.2, 0.25) is 0 Å². The van der Waals surface area contributed by atoms with Crippen molar-refractivity contribution >= 4 is 23.1 Å². The van der Waals surface area contributed by atoms with E-state index in [4.69, 9.17) is 0 Å². The molecule has 0 saturated carbocycles. The molecule has 0 heterocycles. The van der Waals surface area contributed by atoms with E-state index in [-0.39, 0.29) is 13.2 Å². The summed E-state index contributed by atoms with van der Waals surface area (Å²) >= 11 is 0. The normalized spacial score (nSPS) is 10.5. The lowest BCUT2D eigenvalue weighted by atomic mass is 10.1. The molecular formula is C22H21NO2. The number of rotatable bonds is 6. The van der Waals surface area contributed by atoms with Gasteiger partial charge in [-0.25, -0.2) is 0 Å². The molecule has 0 atom stereocenters. The van der Waals surface area contributed by atoms with E-state index in [0.717, 1.165) is 33.8 Å².